The monoisotopic (exact) mass is 364 g/mol. The molecule has 2 aromatic carbocycles. The molecular weight excluding hydrogens is 344 g/mol. The standard InChI is InChI=1S/C20H20N4OS/c1-12-3-7-14(8-4-12)18(25)19(15-9-5-13(2)6-10-15)26-20-23-16(21)11-17(22)24-20/h3-11,19H,1-2H3,(H4,21,22,23,24). The summed E-state index contributed by atoms with van der Waals surface area (Å²) >= 11 is 1.25. The van der Waals surface area contributed by atoms with Gasteiger partial charge in [0.15, 0.2) is 10.9 Å². The molecule has 0 aliphatic carbocycles. The van der Waals surface area contributed by atoms with Gasteiger partial charge in [0.05, 0.1) is 0 Å². The van der Waals surface area contributed by atoms with E-state index in [4.69, 9.17) is 11.5 Å². The quantitative estimate of drug-likeness (QED) is 0.404. The number of anilines is 2. The van der Waals surface area contributed by atoms with Crippen LogP contribution >= 0.6 is 11.8 Å². The van der Waals surface area contributed by atoms with E-state index in [1.54, 1.807) is 0 Å². The summed E-state index contributed by atoms with van der Waals surface area (Å²) in [4.78, 5) is 21.6. The Labute approximate surface area is 156 Å². The molecule has 5 nitrogen and oxygen atoms in total. The number of nitrogen functional groups attached to an aromatic ring is 2. The minimum absolute atomic E-state index is 0.0107. The van der Waals surface area contributed by atoms with Crippen molar-refractivity contribution in [1.29, 1.82) is 0 Å². The van der Waals surface area contributed by atoms with Crippen LogP contribution in [-0.4, -0.2) is 15.8 Å². The van der Waals surface area contributed by atoms with Gasteiger partial charge < -0.3 is 11.5 Å². The first-order chi connectivity index (χ1) is 12.4. The van der Waals surface area contributed by atoms with E-state index >= 15 is 0 Å². The number of Topliss-reactive ketones (excluding diaryl/α,β-unsaturated/α-hetero) is 1. The number of benzene rings is 2. The molecule has 26 heavy (non-hydrogen) atoms. The number of carbonyl (C=O) groups is 1. The molecule has 1 heterocycles. The summed E-state index contributed by atoms with van der Waals surface area (Å²) in [5.41, 5.74) is 15.3. The number of hydrogen-bond acceptors (Lipinski definition) is 6. The molecule has 3 rings (SSSR count). The van der Waals surface area contributed by atoms with Crippen molar-refractivity contribution in [1.82, 2.24) is 9.97 Å². The van der Waals surface area contributed by atoms with Gasteiger partial charge >= 0.3 is 0 Å². The highest BCUT2D eigenvalue weighted by atomic mass is 32.2. The highest BCUT2D eigenvalue weighted by molar-refractivity contribution is 8.00. The number of nitrogens with zero attached hydrogens (tertiary/aromatic N) is 2. The number of aryl methyl sites for hydroxylation is 2. The van der Waals surface area contributed by atoms with Crippen molar-refractivity contribution in [3.05, 3.63) is 76.9 Å². The van der Waals surface area contributed by atoms with E-state index < -0.39 is 5.25 Å². The predicted octanol–water partition coefficient (Wildman–Crippen LogP) is 3.97. The van der Waals surface area contributed by atoms with Crippen molar-refractivity contribution in [2.45, 2.75) is 24.3 Å². The predicted molar refractivity (Wildman–Crippen MR) is 106 cm³/mol. The molecular formula is C20H20N4OS. The Hall–Kier alpha value is -2.86. The molecule has 3 aromatic rings. The number of carbonyl (C=O) groups excluding carboxylic acids is 1. The highest BCUT2D eigenvalue weighted by Crippen LogP contribution is 2.37. The Morgan fingerprint density at radius 2 is 1.38 bits per heavy atom. The fourth-order valence-electron chi connectivity index (χ4n) is 2.50. The average molecular weight is 364 g/mol. The van der Waals surface area contributed by atoms with Gasteiger partial charge in [-0.25, -0.2) is 9.97 Å². The number of aromatic nitrogens is 2. The Morgan fingerprint density at radius 1 is 0.885 bits per heavy atom. The largest absolute Gasteiger partial charge is 0.383 e. The Bertz CT molecular complexity index is 903. The number of hydrogen-bond donors (Lipinski definition) is 2. The van der Waals surface area contributed by atoms with Gasteiger partial charge in [-0.15, -0.1) is 0 Å². The summed E-state index contributed by atoms with van der Waals surface area (Å²) in [6, 6.07) is 16.9. The van der Waals surface area contributed by atoms with E-state index in [-0.39, 0.29) is 17.4 Å². The normalized spacial score (nSPS) is 11.9. The number of thioether (sulfide) groups is 1. The third kappa shape index (κ3) is 4.21. The molecule has 1 atom stereocenters. The lowest BCUT2D eigenvalue weighted by molar-refractivity contribution is 0.0989. The van der Waals surface area contributed by atoms with Crippen LogP contribution in [0.5, 0.6) is 0 Å². The SMILES string of the molecule is Cc1ccc(C(=O)C(Sc2nc(N)cc(N)n2)c2ccc(C)cc2)cc1. The van der Waals surface area contributed by atoms with Crippen molar-refractivity contribution in [3.63, 3.8) is 0 Å². The summed E-state index contributed by atoms with van der Waals surface area (Å²) in [5, 5.41) is -0.104. The molecule has 4 N–H and O–H groups in total. The number of nitrogens with two attached hydrogens (primary N) is 2. The zero-order chi connectivity index (χ0) is 18.7. The van der Waals surface area contributed by atoms with Crippen LogP contribution in [-0.2, 0) is 0 Å². The lowest BCUT2D eigenvalue weighted by atomic mass is 10.0. The molecule has 1 aromatic heterocycles. The van der Waals surface area contributed by atoms with Crippen LogP contribution in [0.1, 0.15) is 32.3 Å². The van der Waals surface area contributed by atoms with Gasteiger partial charge in [0.1, 0.15) is 16.9 Å². The van der Waals surface area contributed by atoms with Crippen LogP contribution in [0.4, 0.5) is 11.6 Å². The van der Waals surface area contributed by atoms with E-state index in [2.05, 4.69) is 9.97 Å². The van der Waals surface area contributed by atoms with Crippen LogP contribution in [0.3, 0.4) is 0 Å². The van der Waals surface area contributed by atoms with E-state index in [9.17, 15) is 4.79 Å². The summed E-state index contributed by atoms with van der Waals surface area (Å²) < 4.78 is 0. The molecule has 0 aliphatic rings. The second-order valence-electron chi connectivity index (χ2n) is 6.14. The molecule has 1 unspecified atom stereocenters. The molecule has 0 spiro atoms. The van der Waals surface area contributed by atoms with Crippen molar-refractivity contribution in [3.8, 4) is 0 Å². The Kier molecular flexibility index (Phi) is 5.23. The van der Waals surface area contributed by atoms with Crippen LogP contribution in [0.2, 0.25) is 0 Å². The molecule has 132 valence electrons. The first-order valence-electron chi connectivity index (χ1n) is 8.16. The van der Waals surface area contributed by atoms with E-state index in [1.165, 1.54) is 17.8 Å². The zero-order valence-electron chi connectivity index (χ0n) is 14.6. The van der Waals surface area contributed by atoms with Crippen LogP contribution in [0.25, 0.3) is 0 Å². The average Bonchev–Trinajstić information content (AvgIpc) is 2.60. The van der Waals surface area contributed by atoms with Gasteiger partial charge in [-0.05, 0) is 19.4 Å². The number of ketones is 1. The molecule has 0 fully saturated rings. The first kappa shape index (κ1) is 17.9. The van der Waals surface area contributed by atoms with Crippen LogP contribution in [0.15, 0.2) is 59.8 Å². The molecule has 0 amide bonds. The summed E-state index contributed by atoms with van der Waals surface area (Å²) in [6.07, 6.45) is 0. The minimum atomic E-state index is -0.487. The first-order valence-corrected chi connectivity index (χ1v) is 9.04. The second-order valence-corrected chi connectivity index (χ2v) is 7.21. The van der Waals surface area contributed by atoms with Crippen LogP contribution < -0.4 is 11.5 Å². The molecule has 6 heteroatoms. The van der Waals surface area contributed by atoms with Crippen molar-refractivity contribution < 1.29 is 4.79 Å². The highest BCUT2D eigenvalue weighted by Gasteiger charge is 2.25. The number of rotatable bonds is 5. The molecule has 0 saturated heterocycles. The fourth-order valence-corrected chi connectivity index (χ4v) is 3.57. The van der Waals surface area contributed by atoms with Crippen molar-refractivity contribution >= 4 is 29.2 Å². The topological polar surface area (TPSA) is 94.9 Å². The van der Waals surface area contributed by atoms with Crippen molar-refractivity contribution in [2.24, 2.45) is 0 Å². The summed E-state index contributed by atoms with van der Waals surface area (Å²) in [5.74, 6) is 0.555. The molecule has 0 aliphatic heterocycles. The summed E-state index contributed by atoms with van der Waals surface area (Å²) in [6.45, 7) is 4.00. The second kappa shape index (κ2) is 7.58. The molecule has 0 radical (unpaired) electrons. The Morgan fingerprint density at radius 3 is 1.92 bits per heavy atom. The lowest BCUT2D eigenvalue weighted by Gasteiger charge is -2.16. The van der Waals surface area contributed by atoms with Gasteiger partial charge in [-0.1, -0.05) is 71.4 Å². The lowest BCUT2D eigenvalue weighted by Crippen LogP contribution is -2.11. The smallest absolute Gasteiger partial charge is 0.192 e. The molecule has 0 saturated carbocycles. The van der Waals surface area contributed by atoms with E-state index in [1.807, 2.05) is 62.4 Å². The zero-order valence-corrected chi connectivity index (χ0v) is 15.5. The van der Waals surface area contributed by atoms with Gasteiger partial charge in [-0.3, -0.25) is 4.79 Å². The van der Waals surface area contributed by atoms with Gasteiger partial charge in [0.25, 0.3) is 0 Å². The summed E-state index contributed by atoms with van der Waals surface area (Å²) in [7, 11) is 0. The van der Waals surface area contributed by atoms with Gasteiger partial charge in [-0.2, -0.15) is 0 Å². The third-order valence-corrected chi connectivity index (χ3v) is 5.04. The van der Waals surface area contributed by atoms with Crippen molar-refractivity contribution in [2.75, 3.05) is 11.5 Å². The van der Waals surface area contributed by atoms with E-state index in [0.29, 0.717) is 10.7 Å². The van der Waals surface area contributed by atoms with Crippen LogP contribution in [0, 0.1) is 13.8 Å². The maximum Gasteiger partial charge on any atom is 0.192 e. The minimum Gasteiger partial charge on any atom is -0.383 e. The van der Waals surface area contributed by atoms with E-state index in [0.717, 1.165) is 16.7 Å². The maximum absolute atomic E-state index is 13.2. The Balaban J connectivity index is 1.99. The maximum atomic E-state index is 13.2. The van der Waals surface area contributed by atoms with Gasteiger partial charge in [0, 0.05) is 11.6 Å². The molecule has 0 bridgehead atoms. The third-order valence-electron chi connectivity index (χ3n) is 3.92. The van der Waals surface area contributed by atoms with Gasteiger partial charge in [0.2, 0.25) is 0 Å². The fraction of sp³-hybridized carbons (Fsp3) is 0.150.